The minimum Gasteiger partial charge on any atom is -0.258 e. The molecule has 0 aliphatic carbocycles. The summed E-state index contributed by atoms with van der Waals surface area (Å²) < 4.78 is 1.84. The summed E-state index contributed by atoms with van der Waals surface area (Å²) in [5.41, 5.74) is 2.82. The van der Waals surface area contributed by atoms with Crippen LogP contribution in [0.25, 0.3) is 11.3 Å². The molecule has 2 heterocycles. The molecule has 0 radical (unpaired) electrons. The first kappa shape index (κ1) is 15.6. The molecule has 0 bridgehead atoms. The maximum atomic E-state index is 5.97. The lowest BCUT2D eigenvalue weighted by molar-refractivity contribution is 0.832. The van der Waals surface area contributed by atoms with E-state index >= 15 is 0 Å². The van der Waals surface area contributed by atoms with Crippen LogP contribution in [-0.4, -0.2) is 22.4 Å². The summed E-state index contributed by atoms with van der Waals surface area (Å²) in [4.78, 5) is 9.62. The summed E-state index contributed by atoms with van der Waals surface area (Å²) >= 11 is 7.54. The summed E-state index contributed by atoms with van der Waals surface area (Å²) in [6.45, 7) is 2.72. The highest BCUT2D eigenvalue weighted by molar-refractivity contribution is 7.07. The van der Waals surface area contributed by atoms with Gasteiger partial charge in [0.05, 0.1) is 17.6 Å². The topological polar surface area (TPSA) is 42.5 Å². The Labute approximate surface area is 143 Å². The lowest BCUT2D eigenvalue weighted by Crippen LogP contribution is -2.12. The fourth-order valence-corrected chi connectivity index (χ4v) is 3.07. The van der Waals surface area contributed by atoms with Crippen molar-refractivity contribution in [3.63, 3.8) is 0 Å². The third-order valence-corrected chi connectivity index (χ3v) is 4.22. The first-order valence-corrected chi connectivity index (χ1v) is 8.46. The van der Waals surface area contributed by atoms with Crippen molar-refractivity contribution in [1.82, 2.24) is 9.66 Å². The van der Waals surface area contributed by atoms with Crippen LogP contribution in [0.4, 0.5) is 0 Å². The van der Waals surface area contributed by atoms with Gasteiger partial charge in [-0.05, 0) is 31.2 Å². The minimum atomic E-state index is 0.708. The van der Waals surface area contributed by atoms with Crippen molar-refractivity contribution in [1.29, 1.82) is 0 Å². The molecule has 0 saturated carbocycles. The summed E-state index contributed by atoms with van der Waals surface area (Å²) in [7, 11) is 0. The molecular formula is C17H15ClN4S. The number of benzene rings is 1. The van der Waals surface area contributed by atoms with E-state index in [-0.39, 0.29) is 0 Å². The van der Waals surface area contributed by atoms with Crippen molar-refractivity contribution < 1.29 is 0 Å². The molecule has 1 aromatic carbocycles. The Kier molecular flexibility index (Phi) is 5.00. The zero-order chi connectivity index (χ0) is 16.1. The summed E-state index contributed by atoms with van der Waals surface area (Å²) in [6, 6.07) is 13.4. The van der Waals surface area contributed by atoms with Gasteiger partial charge in [-0.1, -0.05) is 29.8 Å². The van der Waals surface area contributed by atoms with Gasteiger partial charge >= 0.3 is 0 Å². The molecule has 2 aromatic heterocycles. The van der Waals surface area contributed by atoms with E-state index in [2.05, 4.69) is 15.1 Å². The molecule has 3 rings (SSSR count). The molecule has 116 valence electrons. The van der Waals surface area contributed by atoms with Crippen LogP contribution < -0.4 is 4.80 Å². The van der Waals surface area contributed by atoms with Gasteiger partial charge in [0.25, 0.3) is 0 Å². The van der Waals surface area contributed by atoms with E-state index in [4.69, 9.17) is 11.6 Å². The van der Waals surface area contributed by atoms with Crippen LogP contribution in [0.5, 0.6) is 0 Å². The number of hydrogen-bond donors (Lipinski definition) is 0. The molecular weight excluding hydrogens is 328 g/mol. The standard InChI is InChI=1S/C17H15ClN4S/c1-2-19-17-22(21-11-15-5-3-4-10-20-15)16(12-23-17)13-6-8-14(18)9-7-13/h3-12H,2H2,1H3. The SMILES string of the molecule is CCN=c1scc(-c2ccc(Cl)cc2)n1N=Cc1ccccn1. The van der Waals surface area contributed by atoms with E-state index in [9.17, 15) is 0 Å². The van der Waals surface area contributed by atoms with Gasteiger partial charge in [-0.25, -0.2) is 4.68 Å². The number of halogens is 1. The summed E-state index contributed by atoms with van der Waals surface area (Å²) in [6.07, 6.45) is 3.48. The van der Waals surface area contributed by atoms with Gasteiger partial charge in [-0.2, -0.15) is 5.10 Å². The number of rotatable bonds is 4. The fraction of sp³-hybridized carbons (Fsp3) is 0.118. The first-order chi connectivity index (χ1) is 11.3. The average Bonchev–Trinajstić information content (AvgIpc) is 2.98. The third-order valence-electron chi connectivity index (χ3n) is 3.11. The molecule has 0 aliphatic rings. The van der Waals surface area contributed by atoms with E-state index < -0.39 is 0 Å². The van der Waals surface area contributed by atoms with Crippen molar-refractivity contribution >= 4 is 29.2 Å². The van der Waals surface area contributed by atoms with E-state index in [1.165, 1.54) is 0 Å². The minimum absolute atomic E-state index is 0.708. The lowest BCUT2D eigenvalue weighted by Gasteiger charge is -2.03. The maximum Gasteiger partial charge on any atom is 0.206 e. The predicted octanol–water partition coefficient (Wildman–Crippen LogP) is 4.07. The largest absolute Gasteiger partial charge is 0.258 e. The third kappa shape index (κ3) is 3.75. The number of thiazole rings is 1. The number of pyridine rings is 1. The van der Waals surface area contributed by atoms with Crippen molar-refractivity contribution in [3.05, 3.63) is 69.6 Å². The zero-order valence-corrected chi connectivity index (χ0v) is 14.1. The first-order valence-electron chi connectivity index (χ1n) is 7.20. The van der Waals surface area contributed by atoms with Crippen LogP contribution in [0.15, 0.2) is 64.1 Å². The second-order valence-electron chi connectivity index (χ2n) is 4.70. The molecule has 0 amide bonds. The van der Waals surface area contributed by atoms with E-state index in [1.807, 2.05) is 59.4 Å². The van der Waals surface area contributed by atoms with Gasteiger partial charge in [0.2, 0.25) is 4.80 Å². The quantitative estimate of drug-likeness (QED) is 0.659. The fourth-order valence-electron chi connectivity index (χ4n) is 2.04. The Bertz CT molecular complexity index is 864. The van der Waals surface area contributed by atoms with Gasteiger partial charge < -0.3 is 0 Å². The predicted molar refractivity (Wildman–Crippen MR) is 96.1 cm³/mol. The number of aromatic nitrogens is 2. The Balaban J connectivity index is 2.06. The van der Waals surface area contributed by atoms with Crippen LogP contribution in [0.1, 0.15) is 12.6 Å². The molecule has 0 aliphatic heterocycles. The van der Waals surface area contributed by atoms with Gasteiger partial charge in [0, 0.05) is 28.7 Å². The molecule has 3 aromatic rings. The van der Waals surface area contributed by atoms with Crippen LogP contribution in [0.3, 0.4) is 0 Å². The van der Waals surface area contributed by atoms with Crippen LogP contribution >= 0.6 is 22.9 Å². The van der Waals surface area contributed by atoms with E-state index in [0.717, 1.165) is 21.8 Å². The van der Waals surface area contributed by atoms with E-state index in [1.54, 1.807) is 23.7 Å². The molecule has 6 heteroatoms. The van der Waals surface area contributed by atoms with Gasteiger partial charge in [-0.15, -0.1) is 11.3 Å². The Morgan fingerprint density at radius 1 is 1.22 bits per heavy atom. The number of hydrogen-bond acceptors (Lipinski definition) is 4. The molecule has 0 unspecified atom stereocenters. The summed E-state index contributed by atoms with van der Waals surface area (Å²) in [5.74, 6) is 0. The van der Waals surface area contributed by atoms with Crippen molar-refractivity contribution in [2.45, 2.75) is 6.92 Å². The summed E-state index contributed by atoms with van der Waals surface area (Å²) in [5, 5.41) is 7.33. The Morgan fingerprint density at radius 3 is 2.74 bits per heavy atom. The second kappa shape index (κ2) is 7.35. The maximum absolute atomic E-state index is 5.97. The Morgan fingerprint density at radius 2 is 2.04 bits per heavy atom. The average molecular weight is 343 g/mol. The van der Waals surface area contributed by atoms with Crippen LogP contribution in [0, 0.1) is 0 Å². The lowest BCUT2D eigenvalue weighted by atomic mass is 10.2. The molecule has 0 fully saturated rings. The molecule has 0 N–H and O–H groups in total. The highest BCUT2D eigenvalue weighted by Crippen LogP contribution is 2.22. The van der Waals surface area contributed by atoms with Crippen molar-refractivity contribution in [2.24, 2.45) is 10.1 Å². The molecule has 0 spiro atoms. The highest BCUT2D eigenvalue weighted by Gasteiger charge is 2.07. The van der Waals surface area contributed by atoms with Gasteiger partial charge in [-0.3, -0.25) is 9.98 Å². The molecule has 4 nitrogen and oxygen atoms in total. The van der Waals surface area contributed by atoms with Gasteiger partial charge in [0.15, 0.2) is 0 Å². The Hall–Kier alpha value is -2.24. The molecule has 0 saturated heterocycles. The molecule has 0 atom stereocenters. The van der Waals surface area contributed by atoms with Crippen LogP contribution in [0.2, 0.25) is 5.02 Å². The second-order valence-corrected chi connectivity index (χ2v) is 5.97. The smallest absolute Gasteiger partial charge is 0.206 e. The monoisotopic (exact) mass is 342 g/mol. The normalized spacial score (nSPS) is 12.2. The molecule has 23 heavy (non-hydrogen) atoms. The van der Waals surface area contributed by atoms with Crippen LogP contribution in [-0.2, 0) is 0 Å². The van der Waals surface area contributed by atoms with Crippen molar-refractivity contribution in [3.8, 4) is 11.3 Å². The van der Waals surface area contributed by atoms with Crippen molar-refractivity contribution in [2.75, 3.05) is 6.54 Å². The van der Waals surface area contributed by atoms with Gasteiger partial charge in [0.1, 0.15) is 0 Å². The van der Waals surface area contributed by atoms with E-state index in [0.29, 0.717) is 11.6 Å². The number of nitrogens with zero attached hydrogens (tertiary/aromatic N) is 4. The highest BCUT2D eigenvalue weighted by atomic mass is 35.5. The zero-order valence-electron chi connectivity index (χ0n) is 12.6.